The fourth-order valence-corrected chi connectivity index (χ4v) is 2.67. The summed E-state index contributed by atoms with van der Waals surface area (Å²) in [5.41, 5.74) is 1.42. The number of ether oxygens (including phenoxy) is 1. The average molecular weight is 241 g/mol. The van der Waals surface area contributed by atoms with E-state index in [0.717, 1.165) is 12.0 Å². The Hall–Kier alpha value is -1.07. The van der Waals surface area contributed by atoms with Crippen molar-refractivity contribution < 1.29 is 13.2 Å². The molecule has 2 rings (SSSR count). The van der Waals surface area contributed by atoms with E-state index in [0.29, 0.717) is 11.3 Å². The molecule has 0 saturated heterocycles. The molecule has 0 aliphatic carbocycles. The molecule has 2 N–H and O–H groups in total. The predicted octanol–water partition coefficient (Wildman–Crippen LogP) is 1.19. The summed E-state index contributed by atoms with van der Waals surface area (Å²) >= 11 is 0. The van der Waals surface area contributed by atoms with Gasteiger partial charge in [-0.05, 0) is 19.4 Å². The zero-order chi connectivity index (χ0) is 12.0. The summed E-state index contributed by atoms with van der Waals surface area (Å²) in [5, 5.41) is 5.05. The molecule has 16 heavy (non-hydrogen) atoms. The van der Waals surface area contributed by atoms with E-state index in [4.69, 9.17) is 9.88 Å². The Bertz CT molecular complexity index is 520. The Morgan fingerprint density at radius 1 is 1.44 bits per heavy atom. The van der Waals surface area contributed by atoms with Crippen molar-refractivity contribution in [2.45, 2.75) is 31.6 Å². The third-order valence-corrected chi connectivity index (χ3v) is 3.24. The summed E-state index contributed by atoms with van der Waals surface area (Å²) in [7, 11) is -3.52. The maximum atomic E-state index is 11.1. The van der Waals surface area contributed by atoms with E-state index in [2.05, 4.69) is 0 Å². The van der Waals surface area contributed by atoms with Crippen LogP contribution in [-0.2, 0) is 22.2 Å². The van der Waals surface area contributed by atoms with Gasteiger partial charge in [0.25, 0.3) is 0 Å². The lowest BCUT2D eigenvalue weighted by Gasteiger charge is -2.18. The van der Waals surface area contributed by atoms with Crippen molar-refractivity contribution in [3.05, 3.63) is 29.3 Å². The second-order valence-electron chi connectivity index (χ2n) is 4.75. The van der Waals surface area contributed by atoms with Gasteiger partial charge in [0, 0.05) is 12.0 Å². The first-order valence-electron chi connectivity index (χ1n) is 5.07. The van der Waals surface area contributed by atoms with Gasteiger partial charge in [-0.3, -0.25) is 0 Å². The molecule has 4 nitrogen and oxygen atoms in total. The van der Waals surface area contributed by atoms with E-state index < -0.39 is 10.0 Å². The zero-order valence-electron chi connectivity index (χ0n) is 9.36. The Morgan fingerprint density at radius 3 is 2.75 bits per heavy atom. The molecule has 88 valence electrons. The number of nitrogens with two attached hydrogens (primary N) is 1. The lowest BCUT2D eigenvalue weighted by atomic mass is 10.0. The number of hydrogen-bond acceptors (Lipinski definition) is 3. The lowest BCUT2D eigenvalue weighted by molar-refractivity contribution is 0.137. The first-order chi connectivity index (χ1) is 7.27. The largest absolute Gasteiger partial charge is 0.487 e. The second kappa shape index (κ2) is 3.46. The summed E-state index contributed by atoms with van der Waals surface area (Å²) in [5.74, 6) is 0.508. The van der Waals surface area contributed by atoms with Gasteiger partial charge in [0.05, 0.1) is 5.75 Å². The predicted molar refractivity (Wildman–Crippen MR) is 61.7 cm³/mol. The highest BCUT2D eigenvalue weighted by Gasteiger charge is 2.32. The molecular formula is C11H15NO3S. The van der Waals surface area contributed by atoms with Crippen LogP contribution >= 0.6 is 0 Å². The lowest BCUT2D eigenvalue weighted by Crippen LogP contribution is -2.25. The van der Waals surface area contributed by atoms with Crippen molar-refractivity contribution in [2.24, 2.45) is 5.14 Å². The minimum Gasteiger partial charge on any atom is -0.487 e. The highest BCUT2D eigenvalue weighted by molar-refractivity contribution is 7.88. The van der Waals surface area contributed by atoms with Gasteiger partial charge in [0.1, 0.15) is 11.4 Å². The molecule has 0 saturated carbocycles. The zero-order valence-corrected chi connectivity index (χ0v) is 10.2. The molecule has 1 heterocycles. The Labute approximate surface area is 95.5 Å². The number of primary sulfonamides is 1. The molecule has 0 radical (unpaired) electrons. The minimum atomic E-state index is -3.52. The summed E-state index contributed by atoms with van der Waals surface area (Å²) in [6.45, 7) is 3.96. The van der Waals surface area contributed by atoms with Crippen LogP contribution in [0.2, 0.25) is 0 Å². The van der Waals surface area contributed by atoms with Gasteiger partial charge in [-0.25, -0.2) is 13.6 Å². The van der Waals surface area contributed by atoms with Crippen molar-refractivity contribution >= 4 is 10.0 Å². The van der Waals surface area contributed by atoms with Crippen LogP contribution in [0, 0.1) is 0 Å². The maximum absolute atomic E-state index is 11.1. The summed E-state index contributed by atoms with van der Waals surface area (Å²) in [6.07, 6.45) is 0.792. The standard InChI is InChI=1S/C11H15NO3S/c1-11(2)6-8-4-3-5-9(10(8)15-11)7-16(12,13)14/h3-5H,6-7H2,1-2H3,(H2,12,13,14). The van der Waals surface area contributed by atoms with Gasteiger partial charge < -0.3 is 4.74 Å². The van der Waals surface area contributed by atoms with Gasteiger partial charge in [-0.2, -0.15) is 0 Å². The molecule has 0 spiro atoms. The van der Waals surface area contributed by atoms with E-state index in [1.54, 1.807) is 6.07 Å². The van der Waals surface area contributed by atoms with Gasteiger partial charge in [-0.15, -0.1) is 0 Å². The van der Waals surface area contributed by atoms with E-state index in [9.17, 15) is 8.42 Å². The summed E-state index contributed by atoms with van der Waals surface area (Å²) in [6, 6.07) is 5.53. The van der Waals surface area contributed by atoms with Gasteiger partial charge in [0.2, 0.25) is 10.0 Å². The van der Waals surface area contributed by atoms with E-state index in [-0.39, 0.29) is 11.4 Å². The number of rotatable bonds is 2. The second-order valence-corrected chi connectivity index (χ2v) is 6.37. The third-order valence-electron chi connectivity index (χ3n) is 2.53. The van der Waals surface area contributed by atoms with Crippen molar-refractivity contribution in [2.75, 3.05) is 0 Å². The van der Waals surface area contributed by atoms with Crippen LogP contribution in [0.25, 0.3) is 0 Å². The molecule has 0 amide bonds. The normalized spacial score (nSPS) is 17.9. The Kier molecular flexibility index (Phi) is 2.47. The summed E-state index contributed by atoms with van der Waals surface area (Å²) in [4.78, 5) is 0. The molecule has 1 aliphatic rings. The monoisotopic (exact) mass is 241 g/mol. The van der Waals surface area contributed by atoms with Gasteiger partial charge in [-0.1, -0.05) is 18.2 Å². The fourth-order valence-electron chi connectivity index (χ4n) is 2.01. The van der Waals surface area contributed by atoms with Crippen LogP contribution in [0.15, 0.2) is 18.2 Å². The smallest absolute Gasteiger partial charge is 0.213 e. The van der Waals surface area contributed by atoms with Crippen LogP contribution in [0.5, 0.6) is 5.75 Å². The first kappa shape index (κ1) is 11.4. The molecule has 0 fully saturated rings. The van der Waals surface area contributed by atoms with Crippen LogP contribution < -0.4 is 9.88 Å². The maximum Gasteiger partial charge on any atom is 0.213 e. The third kappa shape index (κ3) is 2.36. The van der Waals surface area contributed by atoms with E-state index >= 15 is 0 Å². The van der Waals surface area contributed by atoms with Crippen molar-refractivity contribution in [1.29, 1.82) is 0 Å². The molecule has 1 aliphatic heterocycles. The van der Waals surface area contributed by atoms with Crippen LogP contribution in [-0.4, -0.2) is 14.0 Å². The molecule has 1 aromatic carbocycles. The number of sulfonamides is 1. The van der Waals surface area contributed by atoms with Crippen molar-refractivity contribution in [3.8, 4) is 5.75 Å². The highest BCUT2D eigenvalue weighted by atomic mass is 32.2. The molecule has 0 aromatic heterocycles. The molecule has 0 bridgehead atoms. The number of hydrogen-bond donors (Lipinski definition) is 1. The number of para-hydroxylation sites is 1. The van der Waals surface area contributed by atoms with Gasteiger partial charge >= 0.3 is 0 Å². The fraction of sp³-hybridized carbons (Fsp3) is 0.455. The summed E-state index contributed by atoms with van der Waals surface area (Å²) < 4.78 is 27.9. The number of fused-ring (bicyclic) bond motifs is 1. The molecule has 1 aromatic rings. The van der Waals surface area contributed by atoms with Crippen LogP contribution in [0.1, 0.15) is 25.0 Å². The minimum absolute atomic E-state index is 0.174. The topological polar surface area (TPSA) is 69.4 Å². The Balaban J connectivity index is 2.41. The first-order valence-corrected chi connectivity index (χ1v) is 6.79. The van der Waals surface area contributed by atoms with Crippen molar-refractivity contribution in [1.82, 2.24) is 0 Å². The average Bonchev–Trinajstić information content (AvgIpc) is 2.37. The quantitative estimate of drug-likeness (QED) is 0.845. The molecule has 0 atom stereocenters. The molecular weight excluding hydrogens is 226 g/mol. The number of benzene rings is 1. The van der Waals surface area contributed by atoms with Crippen LogP contribution in [0.3, 0.4) is 0 Å². The Morgan fingerprint density at radius 2 is 2.12 bits per heavy atom. The molecule has 5 heteroatoms. The van der Waals surface area contributed by atoms with Crippen molar-refractivity contribution in [3.63, 3.8) is 0 Å². The van der Waals surface area contributed by atoms with E-state index in [1.807, 2.05) is 26.0 Å². The SMILES string of the molecule is CC1(C)Cc2cccc(CS(N)(=O)=O)c2O1. The van der Waals surface area contributed by atoms with Gasteiger partial charge in [0.15, 0.2) is 0 Å². The van der Waals surface area contributed by atoms with E-state index in [1.165, 1.54) is 0 Å². The molecule has 0 unspecified atom stereocenters. The highest BCUT2D eigenvalue weighted by Crippen LogP contribution is 2.37. The van der Waals surface area contributed by atoms with Crippen LogP contribution in [0.4, 0.5) is 0 Å².